The summed E-state index contributed by atoms with van der Waals surface area (Å²) in [5.74, 6) is 0. The Labute approximate surface area is 101 Å². The predicted molar refractivity (Wildman–Crippen MR) is 69.2 cm³/mol. The Morgan fingerprint density at radius 1 is 1.35 bits per heavy atom. The highest BCUT2D eigenvalue weighted by atomic mass is 32.2. The first kappa shape index (κ1) is 12.1. The van der Waals surface area contributed by atoms with Crippen molar-refractivity contribution in [2.24, 2.45) is 0 Å². The zero-order chi connectivity index (χ0) is 12.6. The van der Waals surface area contributed by atoms with Crippen LogP contribution in [0.25, 0.3) is 6.08 Å². The summed E-state index contributed by atoms with van der Waals surface area (Å²) in [6, 6.07) is 5.39. The van der Waals surface area contributed by atoms with Crippen molar-refractivity contribution in [2.75, 3.05) is 12.3 Å². The molecule has 1 aliphatic heterocycles. The Hall–Kier alpha value is -1.33. The second kappa shape index (κ2) is 4.16. The van der Waals surface area contributed by atoms with Crippen molar-refractivity contribution < 1.29 is 8.42 Å². The molecule has 0 fully saturated rings. The molecule has 0 saturated carbocycles. The van der Waals surface area contributed by atoms with Gasteiger partial charge in [-0.15, -0.1) is 0 Å². The Morgan fingerprint density at radius 2 is 2.06 bits per heavy atom. The summed E-state index contributed by atoms with van der Waals surface area (Å²) in [6.07, 6.45) is 1.69. The molecule has 0 aromatic heterocycles. The van der Waals surface area contributed by atoms with Crippen molar-refractivity contribution in [1.82, 2.24) is 5.32 Å². The smallest absolute Gasteiger partial charge is 0.206 e. The predicted octanol–water partition coefficient (Wildman–Crippen LogP) is 1.39. The molecular formula is C12H16N2O2S. The molecule has 0 atom stereocenters. The number of anilines is 1. The largest absolute Gasteiger partial charge is 0.398 e. The van der Waals surface area contributed by atoms with E-state index < -0.39 is 9.84 Å². The molecule has 0 unspecified atom stereocenters. The molecule has 4 nitrogen and oxygen atoms in total. The van der Waals surface area contributed by atoms with Crippen LogP contribution in [-0.4, -0.2) is 21.0 Å². The first-order valence-electron chi connectivity index (χ1n) is 5.50. The van der Waals surface area contributed by atoms with Gasteiger partial charge in [-0.3, -0.25) is 0 Å². The zero-order valence-electron chi connectivity index (χ0n) is 9.90. The maximum atomic E-state index is 12.2. The van der Waals surface area contributed by atoms with Gasteiger partial charge in [-0.05, 0) is 17.7 Å². The van der Waals surface area contributed by atoms with Crippen LogP contribution in [0.1, 0.15) is 19.4 Å². The van der Waals surface area contributed by atoms with Crippen LogP contribution in [-0.2, 0) is 9.84 Å². The first-order chi connectivity index (χ1) is 7.93. The summed E-state index contributed by atoms with van der Waals surface area (Å²) in [7, 11) is -3.40. The van der Waals surface area contributed by atoms with Crippen LogP contribution in [0, 0.1) is 0 Å². The Balaban J connectivity index is 2.40. The zero-order valence-corrected chi connectivity index (χ0v) is 10.7. The van der Waals surface area contributed by atoms with Gasteiger partial charge in [0, 0.05) is 12.6 Å². The lowest BCUT2D eigenvalue weighted by Crippen LogP contribution is -2.26. The molecule has 2 rings (SSSR count). The fourth-order valence-corrected chi connectivity index (χ4v) is 3.46. The highest BCUT2D eigenvalue weighted by Gasteiger charge is 2.31. The minimum absolute atomic E-state index is 0.243. The van der Waals surface area contributed by atoms with Crippen molar-refractivity contribution in [3.05, 3.63) is 28.7 Å². The van der Waals surface area contributed by atoms with E-state index in [-0.39, 0.29) is 10.9 Å². The Kier molecular flexibility index (Phi) is 2.97. The molecule has 0 spiro atoms. The van der Waals surface area contributed by atoms with Gasteiger partial charge in [0.25, 0.3) is 0 Å². The molecule has 17 heavy (non-hydrogen) atoms. The van der Waals surface area contributed by atoms with E-state index in [0.717, 1.165) is 0 Å². The molecule has 1 aromatic carbocycles. The van der Waals surface area contributed by atoms with Gasteiger partial charge >= 0.3 is 0 Å². The maximum Gasteiger partial charge on any atom is 0.206 e. The van der Waals surface area contributed by atoms with E-state index in [9.17, 15) is 8.42 Å². The third-order valence-corrected chi connectivity index (χ3v) is 4.65. The van der Waals surface area contributed by atoms with Crippen LogP contribution >= 0.6 is 0 Å². The summed E-state index contributed by atoms with van der Waals surface area (Å²) in [6.45, 7) is 4.29. The fourth-order valence-electron chi connectivity index (χ4n) is 1.83. The van der Waals surface area contributed by atoms with E-state index >= 15 is 0 Å². The number of hydrogen-bond donors (Lipinski definition) is 2. The van der Waals surface area contributed by atoms with E-state index in [1.807, 2.05) is 13.8 Å². The lowest BCUT2D eigenvalue weighted by Gasteiger charge is -2.09. The van der Waals surface area contributed by atoms with Crippen LogP contribution in [0.2, 0.25) is 0 Å². The average Bonchev–Trinajstić information content (AvgIpc) is 2.48. The molecule has 5 heteroatoms. The monoisotopic (exact) mass is 252 g/mol. The van der Waals surface area contributed by atoms with Crippen molar-refractivity contribution in [3.8, 4) is 0 Å². The lowest BCUT2D eigenvalue weighted by molar-refractivity contribution is 0.594. The quantitative estimate of drug-likeness (QED) is 0.797. The highest BCUT2D eigenvalue weighted by Crippen LogP contribution is 2.36. The summed E-state index contributed by atoms with van der Waals surface area (Å²) < 4.78 is 24.5. The fraction of sp³-hybridized carbons (Fsp3) is 0.333. The average molecular weight is 252 g/mol. The molecule has 0 radical (unpaired) electrons. The van der Waals surface area contributed by atoms with Gasteiger partial charge in [0.2, 0.25) is 9.84 Å². The number of nitrogen functional groups attached to an aromatic ring is 1. The van der Waals surface area contributed by atoms with Crippen LogP contribution < -0.4 is 11.1 Å². The van der Waals surface area contributed by atoms with E-state index in [1.165, 1.54) is 0 Å². The topological polar surface area (TPSA) is 72.2 Å². The second-order valence-corrected chi connectivity index (χ2v) is 6.35. The summed E-state index contributed by atoms with van der Waals surface area (Å²) in [4.78, 5) is 0.639. The molecule has 3 N–H and O–H groups in total. The number of rotatable bonds is 3. The van der Waals surface area contributed by atoms with Crippen molar-refractivity contribution in [2.45, 2.75) is 24.8 Å². The number of nitrogens with one attached hydrogen (secondary N) is 1. The van der Waals surface area contributed by atoms with Crippen LogP contribution in [0.15, 0.2) is 28.0 Å². The van der Waals surface area contributed by atoms with Gasteiger partial charge in [0.1, 0.15) is 4.90 Å². The third-order valence-electron chi connectivity index (χ3n) is 2.69. The minimum atomic E-state index is -3.40. The molecule has 1 aliphatic rings. The second-order valence-electron chi connectivity index (χ2n) is 4.42. The highest BCUT2D eigenvalue weighted by molar-refractivity contribution is 7.96. The van der Waals surface area contributed by atoms with E-state index in [1.54, 1.807) is 24.3 Å². The Morgan fingerprint density at radius 3 is 2.65 bits per heavy atom. The molecule has 1 aromatic rings. The lowest BCUT2D eigenvalue weighted by atomic mass is 10.2. The molecule has 0 saturated heterocycles. The first-order valence-corrected chi connectivity index (χ1v) is 6.99. The van der Waals surface area contributed by atoms with Crippen LogP contribution in [0.5, 0.6) is 0 Å². The number of fused-ring (bicyclic) bond motifs is 1. The number of sulfone groups is 1. The van der Waals surface area contributed by atoms with E-state index in [4.69, 9.17) is 5.73 Å². The van der Waals surface area contributed by atoms with Gasteiger partial charge in [0.05, 0.1) is 10.6 Å². The van der Waals surface area contributed by atoms with E-state index in [2.05, 4.69) is 5.32 Å². The molecule has 0 bridgehead atoms. The SMILES string of the molecule is CC(C)NCC1=Cc2cccc(N)c2S1(=O)=O. The number of hydrogen-bond acceptors (Lipinski definition) is 4. The van der Waals surface area contributed by atoms with Gasteiger partial charge in [-0.1, -0.05) is 26.0 Å². The molecule has 0 amide bonds. The van der Waals surface area contributed by atoms with Crippen molar-refractivity contribution in [3.63, 3.8) is 0 Å². The third kappa shape index (κ3) is 2.08. The molecular weight excluding hydrogens is 236 g/mol. The van der Waals surface area contributed by atoms with Crippen molar-refractivity contribution in [1.29, 1.82) is 0 Å². The maximum absolute atomic E-state index is 12.2. The molecule has 92 valence electrons. The number of benzene rings is 1. The van der Waals surface area contributed by atoms with Gasteiger partial charge in [0.15, 0.2) is 0 Å². The van der Waals surface area contributed by atoms with E-state index in [0.29, 0.717) is 22.7 Å². The Bertz CT molecular complexity index is 574. The van der Waals surface area contributed by atoms with Crippen molar-refractivity contribution >= 4 is 21.6 Å². The molecule has 0 aliphatic carbocycles. The summed E-state index contributed by atoms with van der Waals surface area (Å²) >= 11 is 0. The normalized spacial score (nSPS) is 17.0. The summed E-state index contributed by atoms with van der Waals surface area (Å²) in [5.41, 5.74) is 6.74. The summed E-state index contributed by atoms with van der Waals surface area (Å²) in [5, 5.41) is 3.11. The van der Waals surface area contributed by atoms with Gasteiger partial charge < -0.3 is 11.1 Å². The molecule has 1 heterocycles. The van der Waals surface area contributed by atoms with Gasteiger partial charge in [-0.2, -0.15) is 0 Å². The van der Waals surface area contributed by atoms with Gasteiger partial charge in [-0.25, -0.2) is 8.42 Å². The standard InChI is InChI=1S/C12H16N2O2S/c1-8(2)14-7-10-6-9-4-3-5-11(13)12(9)17(10,15)16/h3-6,8,14H,7,13H2,1-2H3. The minimum Gasteiger partial charge on any atom is -0.398 e. The van der Waals surface area contributed by atoms with Crippen LogP contribution in [0.3, 0.4) is 0 Å². The van der Waals surface area contributed by atoms with Crippen LogP contribution in [0.4, 0.5) is 5.69 Å². The number of nitrogens with two attached hydrogens (primary N) is 1.